The lowest BCUT2D eigenvalue weighted by Crippen LogP contribution is -2.11. The molecule has 1 amide bonds. The van der Waals surface area contributed by atoms with Crippen molar-refractivity contribution in [3.63, 3.8) is 0 Å². The first kappa shape index (κ1) is 14.9. The number of phenols is 1. The van der Waals surface area contributed by atoms with Gasteiger partial charge < -0.3 is 10.4 Å². The van der Waals surface area contributed by atoms with Gasteiger partial charge in [0.2, 0.25) is 15.9 Å². The van der Waals surface area contributed by atoms with Crippen molar-refractivity contribution in [2.45, 2.75) is 6.92 Å². The van der Waals surface area contributed by atoms with Gasteiger partial charge in [-0.05, 0) is 6.07 Å². The first-order valence-corrected chi connectivity index (χ1v) is 7.23. The van der Waals surface area contributed by atoms with Gasteiger partial charge in [-0.15, -0.1) is 0 Å². The van der Waals surface area contributed by atoms with Crippen molar-refractivity contribution in [2.24, 2.45) is 0 Å². The molecule has 100 valence electrons. The summed E-state index contributed by atoms with van der Waals surface area (Å²) < 4.78 is 24.2. The zero-order chi connectivity index (χ0) is 14.1. The monoisotopic (exact) mass is 312 g/mol. The Morgan fingerprint density at radius 3 is 2.39 bits per heavy atom. The maximum absolute atomic E-state index is 11.1. The van der Waals surface area contributed by atoms with E-state index in [1.165, 1.54) is 6.92 Å². The Hall–Kier alpha value is -1.18. The minimum Gasteiger partial charge on any atom is -0.504 e. The van der Waals surface area contributed by atoms with E-state index in [2.05, 4.69) is 10.0 Å². The van der Waals surface area contributed by atoms with Crippen LogP contribution >= 0.6 is 23.2 Å². The summed E-state index contributed by atoms with van der Waals surface area (Å²) in [7, 11) is -3.58. The second-order valence-electron chi connectivity index (χ2n) is 3.50. The Kier molecular flexibility index (Phi) is 4.31. The van der Waals surface area contributed by atoms with E-state index < -0.39 is 21.7 Å². The molecule has 0 spiro atoms. The van der Waals surface area contributed by atoms with Crippen LogP contribution in [0.1, 0.15) is 6.92 Å². The molecular weight excluding hydrogens is 303 g/mol. The van der Waals surface area contributed by atoms with E-state index in [0.29, 0.717) is 0 Å². The van der Waals surface area contributed by atoms with Gasteiger partial charge in [0.15, 0.2) is 5.75 Å². The summed E-state index contributed by atoms with van der Waals surface area (Å²) in [5.74, 6) is -0.947. The molecule has 9 heteroatoms. The minimum atomic E-state index is -3.58. The number of benzene rings is 1. The van der Waals surface area contributed by atoms with Gasteiger partial charge in [-0.2, -0.15) is 0 Å². The quantitative estimate of drug-likeness (QED) is 0.744. The standard InChI is InChI=1S/C9H10Cl2N2O4S/c1-4(14)12-8-5(10)3-6(9(15)7(8)11)13-18(2,16)17/h3,13,15H,1-2H3,(H,12,14). The van der Waals surface area contributed by atoms with Gasteiger partial charge in [-0.1, -0.05) is 23.2 Å². The molecule has 0 bridgehead atoms. The molecule has 0 aliphatic heterocycles. The van der Waals surface area contributed by atoms with Crippen LogP contribution in [-0.4, -0.2) is 25.7 Å². The number of anilines is 2. The highest BCUT2D eigenvalue weighted by Gasteiger charge is 2.18. The van der Waals surface area contributed by atoms with Crippen LogP contribution in [0.2, 0.25) is 10.0 Å². The number of rotatable bonds is 3. The third-order valence-corrected chi connectivity index (χ3v) is 3.05. The number of amides is 1. The second-order valence-corrected chi connectivity index (χ2v) is 6.03. The van der Waals surface area contributed by atoms with Crippen molar-refractivity contribution >= 4 is 50.5 Å². The molecule has 0 saturated carbocycles. The summed E-state index contributed by atoms with van der Waals surface area (Å²) in [6, 6.07) is 1.15. The highest BCUT2D eigenvalue weighted by molar-refractivity contribution is 7.92. The molecular formula is C9H10Cl2N2O4S. The fraction of sp³-hybridized carbons (Fsp3) is 0.222. The SMILES string of the molecule is CC(=O)Nc1c(Cl)cc(NS(C)(=O)=O)c(O)c1Cl. The molecule has 0 fully saturated rings. The van der Waals surface area contributed by atoms with E-state index >= 15 is 0 Å². The highest BCUT2D eigenvalue weighted by Crippen LogP contribution is 2.43. The molecule has 6 nitrogen and oxygen atoms in total. The largest absolute Gasteiger partial charge is 0.504 e. The number of carbonyl (C=O) groups is 1. The first-order valence-electron chi connectivity index (χ1n) is 4.58. The number of nitrogens with one attached hydrogen (secondary N) is 2. The van der Waals surface area contributed by atoms with Gasteiger partial charge in [0.1, 0.15) is 5.02 Å². The fourth-order valence-corrected chi connectivity index (χ4v) is 2.28. The summed E-state index contributed by atoms with van der Waals surface area (Å²) in [5.41, 5.74) is -0.149. The maximum Gasteiger partial charge on any atom is 0.229 e. The van der Waals surface area contributed by atoms with E-state index in [0.717, 1.165) is 12.3 Å². The predicted octanol–water partition coefficient (Wildman–Crippen LogP) is 2.03. The molecule has 1 aromatic carbocycles. The smallest absolute Gasteiger partial charge is 0.229 e. The number of hydrogen-bond acceptors (Lipinski definition) is 4. The molecule has 0 aliphatic rings. The van der Waals surface area contributed by atoms with Crippen LogP contribution < -0.4 is 10.0 Å². The number of phenolic OH excluding ortho intramolecular Hbond substituents is 1. The number of sulfonamides is 1. The Morgan fingerprint density at radius 1 is 1.39 bits per heavy atom. The summed E-state index contributed by atoms with van der Waals surface area (Å²) in [6.07, 6.45) is 0.913. The van der Waals surface area contributed by atoms with Gasteiger partial charge in [0.25, 0.3) is 0 Å². The van der Waals surface area contributed by atoms with Crippen LogP contribution in [0.25, 0.3) is 0 Å². The van der Waals surface area contributed by atoms with Crippen molar-refractivity contribution in [2.75, 3.05) is 16.3 Å². The van der Waals surface area contributed by atoms with Gasteiger partial charge in [-0.25, -0.2) is 8.42 Å². The highest BCUT2D eigenvalue weighted by atomic mass is 35.5. The number of halogens is 2. The maximum atomic E-state index is 11.1. The van der Waals surface area contributed by atoms with Crippen LogP contribution in [0.4, 0.5) is 11.4 Å². The Labute approximate surface area is 114 Å². The van der Waals surface area contributed by atoms with Gasteiger partial charge in [0, 0.05) is 6.92 Å². The lowest BCUT2D eigenvalue weighted by molar-refractivity contribution is -0.114. The Morgan fingerprint density at radius 2 is 1.94 bits per heavy atom. The molecule has 18 heavy (non-hydrogen) atoms. The topological polar surface area (TPSA) is 95.5 Å². The van der Waals surface area contributed by atoms with Crippen LogP contribution in [-0.2, 0) is 14.8 Å². The van der Waals surface area contributed by atoms with E-state index in [4.69, 9.17) is 23.2 Å². The van der Waals surface area contributed by atoms with Crippen molar-refractivity contribution in [3.8, 4) is 5.75 Å². The van der Waals surface area contributed by atoms with Crippen molar-refractivity contribution in [1.29, 1.82) is 0 Å². The van der Waals surface area contributed by atoms with Crippen molar-refractivity contribution in [1.82, 2.24) is 0 Å². The third-order valence-electron chi connectivity index (χ3n) is 1.79. The molecule has 0 aromatic heterocycles. The van der Waals surface area contributed by atoms with Crippen LogP contribution in [0, 0.1) is 0 Å². The third kappa shape index (κ3) is 3.66. The zero-order valence-electron chi connectivity index (χ0n) is 9.41. The van der Waals surface area contributed by atoms with Crippen LogP contribution in [0.15, 0.2) is 6.07 Å². The van der Waals surface area contributed by atoms with E-state index in [-0.39, 0.29) is 21.4 Å². The second kappa shape index (κ2) is 5.21. The normalized spacial score (nSPS) is 11.1. The fourth-order valence-electron chi connectivity index (χ4n) is 1.18. The lowest BCUT2D eigenvalue weighted by Gasteiger charge is -2.13. The first-order chi connectivity index (χ1) is 8.11. The summed E-state index contributed by atoms with van der Waals surface area (Å²) in [5, 5.41) is 11.8. The molecule has 1 aromatic rings. The minimum absolute atomic E-state index is 0.000787. The summed E-state index contributed by atoms with van der Waals surface area (Å²) >= 11 is 11.6. The average Bonchev–Trinajstić information content (AvgIpc) is 2.18. The molecule has 0 heterocycles. The summed E-state index contributed by atoms with van der Waals surface area (Å²) in [6.45, 7) is 1.24. The Balaban J connectivity index is 3.32. The molecule has 0 saturated heterocycles. The predicted molar refractivity (Wildman–Crippen MR) is 70.9 cm³/mol. The van der Waals surface area contributed by atoms with E-state index in [1.54, 1.807) is 0 Å². The van der Waals surface area contributed by atoms with Crippen LogP contribution in [0.3, 0.4) is 0 Å². The molecule has 1 rings (SSSR count). The number of hydrogen-bond donors (Lipinski definition) is 3. The Bertz CT molecular complexity index is 601. The van der Waals surface area contributed by atoms with Crippen molar-refractivity contribution < 1.29 is 18.3 Å². The lowest BCUT2D eigenvalue weighted by atomic mass is 10.2. The van der Waals surface area contributed by atoms with E-state index in [1.807, 2.05) is 0 Å². The molecule has 0 unspecified atom stereocenters. The van der Waals surface area contributed by atoms with E-state index in [9.17, 15) is 18.3 Å². The van der Waals surface area contributed by atoms with Gasteiger partial charge in [-0.3, -0.25) is 9.52 Å². The molecule has 3 N–H and O–H groups in total. The van der Waals surface area contributed by atoms with Crippen molar-refractivity contribution in [3.05, 3.63) is 16.1 Å². The van der Waals surface area contributed by atoms with Crippen LogP contribution in [0.5, 0.6) is 5.75 Å². The zero-order valence-corrected chi connectivity index (χ0v) is 11.7. The van der Waals surface area contributed by atoms with Gasteiger partial charge >= 0.3 is 0 Å². The number of carbonyl (C=O) groups excluding carboxylic acids is 1. The number of aromatic hydroxyl groups is 1. The molecule has 0 aliphatic carbocycles. The van der Waals surface area contributed by atoms with Gasteiger partial charge in [0.05, 0.1) is 22.7 Å². The molecule has 0 radical (unpaired) electrons. The summed E-state index contributed by atoms with van der Waals surface area (Å²) in [4.78, 5) is 10.9. The average molecular weight is 313 g/mol. The molecule has 0 atom stereocenters.